The van der Waals surface area contributed by atoms with Crippen LogP contribution in [0.15, 0.2) is 41.6 Å². The van der Waals surface area contributed by atoms with Gasteiger partial charge in [0.1, 0.15) is 17.4 Å². The molecule has 0 aliphatic carbocycles. The Balaban J connectivity index is 1.50. The number of anilines is 1. The summed E-state index contributed by atoms with van der Waals surface area (Å²) in [4.78, 5) is 12.3. The third-order valence-corrected chi connectivity index (χ3v) is 6.15. The van der Waals surface area contributed by atoms with Gasteiger partial charge in [-0.25, -0.2) is 4.39 Å². The van der Waals surface area contributed by atoms with E-state index in [-0.39, 0.29) is 17.5 Å². The average Bonchev–Trinajstić information content (AvgIpc) is 3.10. The van der Waals surface area contributed by atoms with Crippen LogP contribution < -0.4 is 10.1 Å². The number of ether oxygens (including phenoxy) is 1. The highest BCUT2D eigenvalue weighted by molar-refractivity contribution is 7.99. The summed E-state index contributed by atoms with van der Waals surface area (Å²) in [5, 5.41) is 11.9. The van der Waals surface area contributed by atoms with Gasteiger partial charge in [0.2, 0.25) is 5.91 Å². The first-order valence-electron chi connectivity index (χ1n) is 10.1. The molecule has 1 aromatic heterocycles. The van der Waals surface area contributed by atoms with Crippen molar-refractivity contribution in [2.24, 2.45) is 7.05 Å². The van der Waals surface area contributed by atoms with E-state index in [1.54, 1.807) is 13.2 Å². The molecule has 0 spiro atoms. The summed E-state index contributed by atoms with van der Waals surface area (Å²) in [6, 6.07) is 10.5. The lowest BCUT2D eigenvalue weighted by atomic mass is 10.0. The number of thioether (sulfide) groups is 1. The minimum absolute atomic E-state index is 0.174. The summed E-state index contributed by atoms with van der Waals surface area (Å²) in [6.07, 6.45) is 2.69. The molecule has 1 heterocycles. The van der Waals surface area contributed by atoms with Crippen molar-refractivity contribution in [3.05, 3.63) is 64.7 Å². The van der Waals surface area contributed by atoms with Crippen LogP contribution in [-0.2, 0) is 24.7 Å². The Hall–Kier alpha value is -2.87. The number of halogens is 1. The average molecular weight is 443 g/mol. The molecule has 31 heavy (non-hydrogen) atoms. The number of hydrogen-bond acceptors (Lipinski definition) is 5. The summed E-state index contributed by atoms with van der Waals surface area (Å²) in [7, 11) is 3.58. The molecule has 8 heteroatoms. The first kappa shape index (κ1) is 22.8. The molecule has 0 aliphatic heterocycles. The molecule has 6 nitrogen and oxygen atoms in total. The maximum atomic E-state index is 13.4. The van der Waals surface area contributed by atoms with E-state index in [1.807, 2.05) is 30.7 Å². The van der Waals surface area contributed by atoms with E-state index in [0.29, 0.717) is 10.8 Å². The van der Waals surface area contributed by atoms with Crippen molar-refractivity contribution >= 4 is 23.4 Å². The Morgan fingerprint density at radius 1 is 1.13 bits per heavy atom. The van der Waals surface area contributed by atoms with Crippen molar-refractivity contribution < 1.29 is 13.9 Å². The molecule has 0 bridgehead atoms. The van der Waals surface area contributed by atoms with Crippen LogP contribution in [0.3, 0.4) is 0 Å². The molecule has 0 unspecified atom stereocenters. The van der Waals surface area contributed by atoms with Gasteiger partial charge in [0.05, 0.1) is 12.9 Å². The molecule has 0 aliphatic rings. The van der Waals surface area contributed by atoms with Crippen LogP contribution >= 0.6 is 11.8 Å². The third-order valence-electron chi connectivity index (χ3n) is 5.13. The lowest BCUT2D eigenvalue weighted by Gasteiger charge is -2.09. The second-order valence-corrected chi connectivity index (χ2v) is 8.34. The fourth-order valence-corrected chi connectivity index (χ4v) is 3.98. The van der Waals surface area contributed by atoms with Gasteiger partial charge in [-0.3, -0.25) is 4.79 Å². The maximum Gasteiger partial charge on any atom is 0.234 e. The van der Waals surface area contributed by atoms with Crippen LogP contribution in [0.5, 0.6) is 5.75 Å². The highest BCUT2D eigenvalue weighted by Crippen LogP contribution is 2.21. The minimum Gasteiger partial charge on any atom is -0.497 e. The molecule has 164 valence electrons. The van der Waals surface area contributed by atoms with Crippen LogP contribution in [-0.4, -0.2) is 33.5 Å². The Bertz CT molecular complexity index is 1070. The number of hydrogen-bond donors (Lipinski definition) is 1. The summed E-state index contributed by atoms with van der Waals surface area (Å²) in [5.74, 6) is 1.34. The van der Waals surface area contributed by atoms with E-state index in [1.165, 1.54) is 35.0 Å². The van der Waals surface area contributed by atoms with Crippen LogP contribution in [0.2, 0.25) is 0 Å². The number of nitrogens with one attached hydrogen (secondary N) is 1. The Kier molecular flexibility index (Phi) is 7.68. The molecule has 1 amide bonds. The van der Waals surface area contributed by atoms with Gasteiger partial charge < -0.3 is 14.6 Å². The molecule has 3 rings (SSSR count). The lowest BCUT2D eigenvalue weighted by molar-refractivity contribution is -0.113. The Morgan fingerprint density at radius 2 is 1.94 bits per heavy atom. The van der Waals surface area contributed by atoms with Gasteiger partial charge in [0, 0.05) is 19.2 Å². The second kappa shape index (κ2) is 10.4. The standard InChI is InChI=1S/C23H27FN4O2S/c1-15-8-10-18(24)13-20(15)25-22(29)14-31-23-27-26-21(28(23)3)7-5-6-17-9-11-19(30-4)12-16(17)2/h8-13H,5-7,14H2,1-4H3,(H,25,29). The SMILES string of the molecule is COc1ccc(CCCc2nnc(SCC(=O)Nc3cc(F)ccc3C)n2C)c(C)c1. The fourth-order valence-electron chi connectivity index (χ4n) is 3.25. The highest BCUT2D eigenvalue weighted by Gasteiger charge is 2.13. The van der Waals surface area contributed by atoms with Crippen LogP contribution in [0, 0.1) is 19.7 Å². The van der Waals surface area contributed by atoms with E-state index in [4.69, 9.17) is 4.74 Å². The molecule has 0 fully saturated rings. The van der Waals surface area contributed by atoms with Crippen molar-refractivity contribution in [3.63, 3.8) is 0 Å². The zero-order valence-electron chi connectivity index (χ0n) is 18.2. The van der Waals surface area contributed by atoms with Crippen LogP contribution in [0.25, 0.3) is 0 Å². The fraction of sp³-hybridized carbons (Fsp3) is 0.348. The first-order valence-corrected chi connectivity index (χ1v) is 11.1. The van der Waals surface area contributed by atoms with Crippen molar-refractivity contribution in [2.75, 3.05) is 18.2 Å². The zero-order valence-corrected chi connectivity index (χ0v) is 19.1. The van der Waals surface area contributed by atoms with Gasteiger partial charge in [-0.2, -0.15) is 0 Å². The van der Waals surface area contributed by atoms with Crippen LogP contribution in [0.1, 0.15) is 28.9 Å². The van der Waals surface area contributed by atoms with E-state index in [0.717, 1.165) is 36.4 Å². The lowest BCUT2D eigenvalue weighted by Crippen LogP contribution is -2.15. The second-order valence-electron chi connectivity index (χ2n) is 7.40. The summed E-state index contributed by atoms with van der Waals surface area (Å²) < 4.78 is 20.6. The number of aromatic nitrogens is 3. The summed E-state index contributed by atoms with van der Waals surface area (Å²) in [5.41, 5.74) is 3.81. The molecule has 3 aromatic rings. The molecule has 0 radical (unpaired) electrons. The quantitative estimate of drug-likeness (QED) is 0.495. The number of nitrogens with zero attached hydrogens (tertiary/aromatic N) is 3. The van der Waals surface area contributed by atoms with Crippen LogP contribution in [0.4, 0.5) is 10.1 Å². The predicted molar refractivity (Wildman–Crippen MR) is 121 cm³/mol. The van der Waals surface area contributed by atoms with Gasteiger partial charge in [-0.1, -0.05) is 23.9 Å². The number of carbonyl (C=O) groups excluding carboxylic acids is 1. The van der Waals surface area contributed by atoms with Gasteiger partial charge >= 0.3 is 0 Å². The van der Waals surface area contributed by atoms with Gasteiger partial charge in [-0.15, -0.1) is 10.2 Å². The number of methoxy groups -OCH3 is 1. The van der Waals surface area contributed by atoms with Crippen molar-refractivity contribution in [3.8, 4) is 5.75 Å². The topological polar surface area (TPSA) is 69.0 Å². The molecule has 2 aromatic carbocycles. The number of aryl methyl sites for hydroxylation is 4. The van der Waals surface area contributed by atoms with E-state index in [2.05, 4.69) is 28.5 Å². The largest absolute Gasteiger partial charge is 0.497 e. The molecule has 0 saturated heterocycles. The molecule has 1 N–H and O–H groups in total. The highest BCUT2D eigenvalue weighted by atomic mass is 32.2. The third kappa shape index (κ3) is 6.07. The van der Waals surface area contributed by atoms with E-state index in [9.17, 15) is 9.18 Å². The van der Waals surface area contributed by atoms with E-state index < -0.39 is 0 Å². The molecular weight excluding hydrogens is 415 g/mol. The first-order chi connectivity index (χ1) is 14.9. The number of carbonyl (C=O) groups is 1. The molecule has 0 atom stereocenters. The summed E-state index contributed by atoms with van der Waals surface area (Å²) in [6.45, 7) is 3.91. The zero-order chi connectivity index (χ0) is 22.4. The van der Waals surface area contributed by atoms with Crippen molar-refractivity contribution in [2.45, 2.75) is 38.3 Å². The van der Waals surface area contributed by atoms with Gasteiger partial charge in [0.25, 0.3) is 0 Å². The summed E-state index contributed by atoms with van der Waals surface area (Å²) >= 11 is 1.31. The molecular formula is C23H27FN4O2S. The monoisotopic (exact) mass is 442 g/mol. The predicted octanol–water partition coefficient (Wildman–Crippen LogP) is 4.49. The van der Waals surface area contributed by atoms with Gasteiger partial charge in [-0.05, 0) is 67.6 Å². The maximum absolute atomic E-state index is 13.4. The normalized spacial score (nSPS) is 10.9. The van der Waals surface area contributed by atoms with Gasteiger partial charge in [0.15, 0.2) is 5.16 Å². The van der Waals surface area contributed by atoms with Crippen molar-refractivity contribution in [1.29, 1.82) is 0 Å². The number of rotatable bonds is 9. The van der Waals surface area contributed by atoms with Crippen molar-refractivity contribution in [1.82, 2.24) is 14.8 Å². The van der Waals surface area contributed by atoms with E-state index >= 15 is 0 Å². The number of benzene rings is 2. The Labute approximate surface area is 186 Å². The Morgan fingerprint density at radius 3 is 2.68 bits per heavy atom. The smallest absolute Gasteiger partial charge is 0.234 e. The molecule has 0 saturated carbocycles. The number of amides is 1. The minimum atomic E-state index is -0.378.